The van der Waals surface area contributed by atoms with Crippen LogP contribution in [0.25, 0.3) is 0 Å². The van der Waals surface area contributed by atoms with E-state index in [9.17, 15) is 13.6 Å². The maximum atomic E-state index is 13.6. The van der Waals surface area contributed by atoms with Crippen molar-refractivity contribution < 1.29 is 18.3 Å². The Hall–Kier alpha value is -2.43. The van der Waals surface area contributed by atoms with Crippen molar-refractivity contribution in [2.75, 3.05) is 6.54 Å². The molecule has 0 spiro atoms. The van der Waals surface area contributed by atoms with Gasteiger partial charge in [-0.2, -0.15) is 0 Å². The van der Waals surface area contributed by atoms with Crippen molar-refractivity contribution in [2.24, 2.45) is 0 Å². The molecule has 2 aromatic carbocycles. The lowest BCUT2D eigenvalue weighted by Crippen LogP contribution is -2.29. The molecule has 2 aromatic rings. The molecule has 3 nitrogen and oxygen atoms in total. The van der Waals surface area contributed by atoms with Crippen molar-refractivity contribution in [3.8, 4) is 5.75 Å². The smallest absolute Gasteiger partial charge is 0.255 e. The molecule has 0 aromatic heterocycles. The van der Waals surface area contributed by atoms with Gasteiger partial charge in [-0.15, -0.1) is 0 Å². The number of carbonyl (C=O) groups is 1. The van der Waals surface area contributed by atoms with Crippen LogP contribution in [0.1, 0.15) is 35.2 Å². The Kier molecular flexibility index (Phi) is 5.08. The number of hydrogen-bond acceptors (Lipinski definition) is 2. The number of nitrogens with one attached hydrogen (secondary N) is 1. The van der Waals surface area contributed by atoms with Gasteiger partial charge in [0.2, 0.25) is 0 Å². The lowest BCUT2D eigenvalue weighted by Gasteiger charge is -2.27. The molecule has 0 aliphatic heterocycles. The van der Waals surface area contributed by atoms with Gasteiger partial charge in [-0.1, -0.05) is 18.2 Å². The maximum absolute atomic E-state index is 13.6. The van der Waals surface area contributed by atoms with E-state index >= 15 is 0 Å². The molecule has 0 bridgehead atoms. The van der Waals surface area contributed by atoms with Crippen molar-refractivity contribution in [1.82, 2.24) is 5.32 Å². The van der Waals surface area contributed by atoms with Gasteiger partial charge in [0.1, 0.15) is 17.4 Å². The first-order valence-corrected chi connectivity index (χ1v) is 8.11. The molecule has 0 saturated heterocycles. The number of halogens is 2. The van der Waals surface area contributed by atoms with Gasteiger partial charge >= 0.3 is 0 Å². The van der Waals surface area contributed by atoms with Crippen molar-refractivity contribution in [3.63, 3.8) is 0 Å². The first-order valence-electron chi connectivity index (χ1n) is 8.11. The van der Waals surface area contributed by atoms with Crippen LogP contribution in [0.4, 0.5) is 8.78 Å². The van der Waals surface area contributed by atoms with Gasteiger partial charge in [0, 0.05) is 12.6 Å². The molecule has 1 saturated carbocycles. The lowest BCUT2D eigenvalue weighted by molar-refractivity contribution is 0.0928. The summed E-state index contributed by atoms with van der Waals surface area (Å²) in [5.74, 6) is -0.888. The first kappa shape index (κ1) is 16.4. The second-order valence-electron chi connectivity index (χ2n) is 5.91. The van der Waals surface area contributed by atoms with Gasteiger partial charge in [0.15, 0.2) is 0 Å². The molecule has 1 fully saturated rings. The number of amides is 1. The molecule has 24 heavy (non-hydrogen) atoms. The molecule has 126 valence electrons. The summed E-state index contributed by atoms with van der Waals surface area (Å²) in [7, 11) is 0. The van der Waals surface area contributed by atoms with Gasteiger partial charge in [0.05, 0.1) is 11.7 Å². The fraction of sp³-hybridized carbons (Fsp3) is 0.316. The molecule has 3 rings (SSSR count). The molecule has 0 radical (unpaired) electrons. The second kappa shape index (κ2) is 7.43. The van der Waals surface area contributed by atoms with Crippen molar-refractivity contribution in [2.45, 2.75) is 31.8 Å². The quantitative estimate of drug-likeness (QED) is 0.873. The Labute approximate surface area is 139 Å². The number of para-hydroxylation sites is 1. The molecule has 5 heteroatoms. The Morgan fingerprint density at radius 1 is 1.17 bits per heavy atom. The van der Waals surface area contributed by atoms with E-state index in [-0.39, 0.29) is 18.6 Å². The highest BCUT2D eigenvalue weighted by Gasteiger charge is 2.21. The number of rotatable bonds is 6. The predicted octanol–water partition coefficient (Wildman–Crippen LogP) is 3.87. The normalized spacial score (nSPS) is 14.1. The van der Waals surface area contributed by atoms with Crippen LogP contribution >= 0.6 is 0 Å². The van der Waals surface area contributed by atoms with E-state index in [0.717, 1.165) is 25.3 Å². The largest absolute Gasteiger partial charge is 0.490 e. The summed E-state index contributed by atoms with van der Waals surface area (Å²) in [6.45, 7) is 0.263. The predicted molar refractivity (Wildman–Crippen MR) is 87.1 cm³/mol. The summed E-state index contributed by atoms with van der Waals surface area (Å²) in [5, 5.41) is 2.76. The highest BCUT2D eigenvalue weighted by molar-refractivity contribution is 5.96. The SMILES string of the molecule is O=C(NCCc1ccc(F)cc1F)c1ccccc1OC1CCC1. The monoisotopic (exact) mass is 331 g/mol. The van der Waals surface area contributed by atoms with Gasteiger partial charge < -0.3 is 10.1 Å². The van der Waals surface area contributed by atoms with Gasteiger partial charge in [0.25, 0.3) is 5.91 Å². The highest BCUT2D eigenvalue weighted by atomic mass is 19.1. The molecule has 1 amide bonds. The third-order valence-electron chi connectivity index (χ3n) is 4.17. The van der Waals surface area contributed by atoms with E-state index in [1.807, 2.05) is 6.07 Å². The van der Waals surface area contributed by atoms with Crippen LogP contribution in [0.2, 0.25) is 0 Å². The van der Waals surface area contributed by atoms with Crippen molar-refractivity contribution >= 4 is 5.91 Å². The Bertz CT molecular complexity index is 729. The van der Waals surface area contributed by atoms with Crippen molar-refractivity contribution in [1.29, 1.82) is 0 Å². The van der Waals surface area contributed by atoms with E-state index < -0.39 is 11.6 Å². The zero-order chi connectivity index (χ0) is 16.9. The summed E-state index contributed by atoms with van der Waals surface area (Å²) >= 11 is 0. The average Bonchev–Trinajstić information content (AvgIpc) is 2.53. The van der Waals surface area contributed by atoms with Crippen LogP contribution < -0.4 is 10.1 Å². The third kappa shape index (κ3) is 3.91. The number of ether oxygens (including phenoxy) is 1. The van der Waals surface area contributed by atoms with Gasteiger partial charge in [-0.05, 0) is 49.4 Å². The van der Waals surface area contributed by atoms with E-state index in [1.54, 1.807) is 18.2 Å². The van der Waals surface area contributed by atoms with Crippen LogP contribution in [-0.4, -0.2) is 18.6 Å². The Morgan fingerprint density at radius 3 is 2.67 bits per heavy atom. The summed E-state index contributed by atoms with van der Waals surface area (Å²) in [6.07, 6.45) is 3.66. The third-order valence-corrected chi connectivity index (χ3v) is 4.17. The highest BCUT2D eigenvalue weighted by Crippen LogP contribution is 2.27. The maximum Gasteiger partial charge on any atom is 0.255 e. The Balaban J connectivity index is 1.58. The van der Waals surface area contributed by atoms with Gasteiger partial charge in [-0.25, -0.2) is 8.78 Å². The van der Waals surface area contributed by atoms with E-state index in [4.69, 9.17) is 4.74 Å². The zero-order valence-corrected chi connectivity index (χ0v) is 13.2. The minimum Gasteiger partial charge on any atom is -0.490 e. The lowest BCUT2D eigenvalue weighted by atomic mass is 9.96. The minimum absolute atomic E-state index is 0.187. The molecule has 0 unspecified atom stereocenters. The molecule has 1 aliphatic rings. The molecule has 0 atom stereocenters. The summed E-state index contributed by atoms with van der Waals surface area (Å²) in [4.78, 5) is 12.3. The number of hydrogen-bond donors (Lipinski definition) is 1. The second-order valence-corrected chi connectivity index (χ2v) is 5.91. The Morgan fingerprint density at radius 2 is 1.96 bits per heavy atom. The van der Waals surface area contributed by atoms with Crippen LogP contribution in [0, 0.1) is 11.6 Å². The molecule has 1 N–H and O–H groups in total. The van der Waals surface area contributed by atoms with E-state index in [1.165, 1.54) is 12.1 Å². The minimum atomic E-state index is -0.609. The van der Waals surface area contributed by atoms with Gasteiger partial charge in [-0.3, -0.25) is 4.79 Å². The standard InChI is InChI=1S/C19H19F2NO2/c20-14-9-8-13(17(21)12-14)10-11-22-19(23)16-6-1-2-7-18(16)24-15-4-3-5-15/h1-2,6-9,12,15H,3-5,10-11H2,(H,22,23). The van der Waals surface area contributed by atoms with Crippen LogP contribution in [-0.2, 0) is 6.42 Å². The summed E-state index contributed by atoms with van der Waals surface area (Å²) < 4.78 is 32.3. The fourth-order valence-electron chi connectivity index (χ4n) is 2.56. The van der Waals surface area contributed by atoms with E-state index in [0.29, 0.717) is 23.3 Å². The zero-order valence-electron chi connectivity index (χ0n) is 13.2. The molecule has 0 heterocycles. The number of carbonyl (C=O) groups excluding carboxylic acids is 1. The number of benzene rings is 2. The first-order chi connectivity index (χ1) is 11.6. The van der Waals surface area contributed by atoms with Crippen molar-refractivity contribution in [3.05, 3.63) is 65.2 Å². The van der Waals surface area contributed by atoms with Crippen LogP contribution in [0.3, 0.4) is 0 Å². The summed E-state index contributed by atoms with van der Waals surface area (Å²) in [6, 6.07) is 10.6. The van der Waals surface area contributed by atoms with E-state index in [2.05, 4.69) is 5.32 Å². The topological polar surface area (TPSA) is 38.3 Å². The molecular formula is C19H19F2NO2. The molecule has 1 aliphatic carbocycles. The average molecular weight is 331 g/mol. The summed E-state index contributed by atoms with van der Waals surface area (Å²) in [5.41, 5.74) is 0.847. The van der Waals surface area contributed by atoms with Crippen LogP contribution in [0.5, 0.6) is 5.75 Å². The molecular weight excluding hydrogens is 312 g/mol. The van der Waals surface area contributed by atoms with Crippen LogP contribution in [0.15, 0.2) is 42.5 Å². The fourth-order valence-corrected chi connectivity index (χ4v) is 2.56.